The molecule has 2 unspecified atom stereocenters. The monoisotopic (exact) mass is 346 g/mol. The van der Waals surface area contributed by atoms with Crippen LogP contribution in [0.15, 0.2) is 0 Å². The van der Waals surface area contributed by atoms with Gasteiger partial charge in [-0.05, 0) is 58.3 Å². The quantitative estimate of drug-likeness (QED) is 0.804. The van der Waals surface area contributed by atoms with E-state index in [1.54, 1.807) is 0 Å². The van der Waals surface area contributed by atoms with E-state index in [9.17, 15) is 0 Å². The topological polar surface area (TPSA) is 43.2 Å². The molecule has 3 aliphatic rings. The van der Waals surface area contributed by atoms with Gasteiger partial charge >= 0.3 is 0 Å². The van der Waals surface area contributed by atoms with Crippen molar-refractivity contribution in [1.29, 1.82) is 0 Å². The van der Waals surface area contributed by atoms with Crippen molar-refractivity contribution in [3.8, 4) is 0 Å². The predicted octanol–water partition coefficient (Wildman–Crippen LogP) is 4.13. The molecule has 0 radical (unpaired) electrons. The number of hydrogen-bond acceptors (Lipinski definition) is 4. The molecule has 1 aliphatic heterocycles. The molecule has 1 aromatic rings. The lowest BCUT2D eigenvalue weighted by molar-refractivity contribution is -0.0549. The summed E-state index contributed by atoms with van der Waals surface area (Å²) in [6, 6.07) is 0.635. The fourth-order valence-electron chi connectivity index (χ4n) is 4.97. The van der Waals surface area contributed by atoms with Crippen molar-refractivity contribution in [1.82, 2.24) is 14.8 Å². The summed E-state index contributed by atoms with van der Waals surface area (Å²) in [4.78, 5) is 2.43. The Labute approximate surface area is 152 Å². The molecule has 2 atom stereocenters. The predicted molar refractivity (Wildman–Crippen MR) is 100 cm³/mol. The second-order valence-electron chi connectivity index (χ2n) is 8.74. The highest BCUT2D eigenvalue weighted by Gasteiger charge is 2.34. The molecule has 140 valence electrons. The third-order valence-corrected chi connectivity index (χ3v) is 6.38. The molecule has 0 N–H and O–H groups in total. The summed E-state index contributed by atoms with van der Waals surface area (Å²) >= 11 is 0. The molecule has 0 spiro atoms. The van der Waals surface area contributed by atoms with Gasteiger partial charge in [-0.2, -0.15) is 0 Å². The van der Waals surface area contributed by atoms with Gasteiger partial charge < -0.3 is 9.64 Å². The number of ether oxygens (including phenoxy) is 1. The summed E-state index contributed by atoms with van der Waals surface area (Å²) in [5.41, 5.74) is 0. The highest BCUT2D eigenvalue weighted by atomic mass is 16.5. The molecular formula is C20H34N4O. The molecule has 2 heterocycles. The molecule has 2 saturated carbocycles. The van der Waals surface area contributed by atoms with Crippen molar-refractivity contribution in [3.05, 3.63) is 5.82 Å². The molecule has 1 aromatic heterocycles. The van der Waals surface area contributed by atoms with Crippen molar-refractivity contribution in [2.75, 3.05) is 11.9 Å². The first-order valence-electron chi connectivity index (χ1n) is 10.4. The normalized spacial score (nSPS) is 31.2. The second-order valence-corrected chi connectivity index (χ2v) is 8.74. The number of aromatic nitrogens is 3. The van der Waals surface area contributed by atoms with Gasteiger partial charge in [-0.1, -0.05) is 19.3 Å². The average molecular weight is 347 g/mol. The molecular weight excluding hydrogens is 312 g/mol. The van der Waals surface area contributed by atoms with Gasteiger partial charge in [-0.3, -0.25) is 4.57 Å². The van der Waals surface area contributed by atoms with Crippen LogP contribution >= 0.6 is 0 Å². The van der Waals surface area contributed by atoms with Gasteiger partial charge in [0.1, 0.15) is 5.82 Å². The number of hydrogen-bond donors (Lipinski definition) is 0. The van der Waals surface area contributed by atoms with Gasteiger partial charge in [-0.25, -0.2) is 0 Å². The summed E-state index contributed by atoms with van der Waals surface area (Å²) < 4.78 is 8.42. The molecule has 0 aromatic carbocycles. The molecule has 3 fully saturated rings. The lowest BCUT2D eigenvalue weighted by atomic mass is 9.92. The third kappa shape index (κ3) is 3.86. The third-order valence-electron chi connectivity index (χ3n) is 6.38. The van der Waals surface area contributed by atoms with Crippen LogP contribution in [0, 0.1) is 5.92 Å². The van der Waals surface area contributed by atoms with E-state index in [-0.39, 0.29) is 0 Å². The maximum Gasteiger partial charge on any atom is 0.227 e. The van der Waals surface area contributed by atoms with Crippen LogP contribution in [0.1, 0.15) is 83.4 Å². The summed E-state index contributed by atoms with van der Waals surface area (Å²) in [6.07, 6.45) is 12.3. The highest BCUT2D eigenvalue weighted by molar-refractivity contribution is 5.33. The van der Waals surface area contributed by atoms with Crippen LogP contribution in [0.4, 0.5) is 5.95 Å². The van der Waals surface area contributed by atoms with Crippen LogP contribution in [0.3, 0.4) is 0 Å². The maximum atomic E-state index is 5.95. The Bertz CT molecular complexity index is 566. The zero-order valence-electron chi connectivity index (χ0n) is 16.2. The van der Waals surface area contributed by atoms with Crippen LogP contribution < -0.4 is 4.90 Å². The van der Waals surface area contributed by atoms with Gasteiger partial charge in [-0.15, -0.1) is 10.2 Å². The van der Waals surface area contributed by atoms with Crippen molar-refractivity contribution in [2.24, 2.45) is 5.92 Å². The lowest BCUT2D eigenvalue weighted by Crippen LogP contribution is -2.37. The highest BCUT2D eigenvalue weighted by Crippen LogP contribution is 2.41. The Morgan fingerprint density at radius 2 is 1.68 bits per heavy atom. The standard InChI is InChI=1S/C20H34N4O/c1-14-11-16(12-15(2)25-14)13-24-19(17-9-10-17)21-22-20(24)23(3)18-7-5-4-6-8-18/h14-18H,4-13H2,1-3H3. The van der Waals surface area contributed by atoms with E-state index in [1.165, 1.54) is 50.8 Å². The summed E-state index contributed by atoms with van der Waals surface area (Å²) in [6.45, 7) is 5.49. The molecule has 4 rings (SSSR count). The van der Waals surface area contributed by atoms with Gasteiger partial charge in [0.15, 0.2) is 0 Å². The second kappa shape index (κ2) is 7.26. The van der Waals surface area contributed by atoms with Crippen LogP contribution in [0.5, 0.6) is 0 Å². The van der Waals surface area contributed by atoms with E-state index in [2.05, 4.69) is 40.6 Å². The number of nitrogens with zero attached hydrogens (tertiary/aromatic N) is 4. The molecule has 1 saturated heterocycles. The molecule has 5 nitrogen and oxygen atoms in total. The Morgan fingerprint density at radius 1 is 1.00 bits per heavy atom. The first-order chi connectivity index (χ1) is 12.1. The van der Waals surface area contributed by atoms with E-state index < -0.39 is 0 Å². The van der Waals surface area contributed by atoms with Gasteiger partial charge in [0.2, 0.25) is 5.95 Å². The number of rotatable bonds is 5. The molecule has 25 heavy (non-hydrogen) atoms. The van der Waals surface area contributed by atoms with E-state index in [0.29, 0.717) is 30.1 Å². The fourth-order valence-corrected chi connectivity index (χ4v) is 4.97. The molecule has 5 heteroatoms. The SMILES string of the molecule is CC1CC(Cn2c(C3CC3)nnc2N(C)C2CCCCC2)CC(C)O1. The Morgan fingerprint density at radius 3 is 2.32 bits per heavy atom. The minimum absolute atomic E-state index is 0.370. The van der Waals surface area contributed by atoms with Gasteiger partial charge in [0, 0.05) is 25.6 Å². The van der Waals surface area contributed by atoms with Crippen LogP contribution in [0.2, 0.25) is 0 Å². The van der Waals surface area contributed by atoms with Gasteiger partial charge in [0.25, 0.3) is 0 Å². The largest absolute Gasteiger partial charge is 0.376 e. The molecule has 0 bridgehead atoms. The van der Waals surface area contributed by atoms with Gasteiger partial charge in [0.05, 0.1) is 12.2 Å². The van der Waals surface area contributed by atoms with Crippen LogP contribution in [-0.4, -0.2) is 40.1 Å². The van der Waals surface area contributed by atoms with Crippen molar-refractivity contribution in [3.63, 3.8) is 0 Å². The Balaban J connectivity index is 1.55. The zero-order valence-corrected chi connectivity index (χ0v) is 16.2. The van der Waals surface area contributed by atoms with Crippen LogP contribution in [0.25, 0.3) is 0 Å². The average Bonchev–Trinajstić information content (AvgIpc) is 3.35. The molecule has 0 amide bonds. The maximum absolute atomic E-state index is 5.95. The molecule has 2 aliphatic carbocycles. The van der Waals surface area contributed by atoms with E-state index in [0.717, 1.165) is 25.3 Å². The Hall–Kier alpha value is -1.10. The first kappa shape index (κ1) is 17.3. The fraction of sp³-hybridized carbons (Fsp3) is 0.900. The summed E-state index contributed by atoms with van der Waals surface area (Å²) in [7, 11) is 2.24. The summed E-state index contributed by atoms with van der Waals surface area (Å²) in [5.74, 6) is 3.67. The summed E-state index contributed by atoms with van der Waals surface area (Å²) in [5, 5.41) is 9.30. The van der Waals surface area contributed by atoms with Crippen molar-refractivity contribution >= 4 is 5.95 Å². The van der Waals surface area contributed by atoms with E-state index >= 15 is 0 Å². The first-order valence-corrected chi connectivity index (χ1v) is 10.4. The minimum Gasteiger partial charge on any atom is -0.376 e. The van der Waals surface area contributed by atoms with Crippen LogP contribution in [-0.2, 0) is 11.3 Å². The van der Waals surface area contributed by atoms with E-state index in [4.69, 9.17) is 4.74 Å². The van der Waals surface area contributed by atoms with E-state index in [1.807, 2.05) is 0 Å². The Kier molecular flexibility index (Phi) is 5.03. The smallest absolute Gasteiger partial charge is 0.227 e. The zero-order chi connectivity index (χ0) is 17.4. The van der Waals surface area contributed by atoms with Crippen molar-refractivity contribution < 1.29 is 4.74 Å². The van der Waals surface area contributed by atoms with Crippen molar-refractivity contribution in [2.45, 2.75) is 102 Å². The lowest BCUT2D eigenvalue weighted by Gasteiger charge is -2.35. The minimum atomic E-state index is 0.370. The number of anilines is 1.